The number of hydrogen-bond acceptors (Lipinski definition) is 3. The number of halogens is 3. The molecular formula is C22H25Cl3N2O3S. The molecule has 0 aromatic heterocycles. The van der Waals surface area contributed by atoms with Gasteiger partial charge >= 0.3 is 0 Å². The first-order valence-corrected chi connectivity index (χ1v) is 13.1. The molecule has 0 spiro atoms. The van der Waals surface area contributed by atoms with Crippen molar-refractivity contribution >= 4 is 56.4 Å². The zero-order chi connectivity index (χ0) is 22.6. The van der Waals surface area contributed by atoms with Gasteiger partial charge < -0.3 is 5.32 Å². The minimum atomic E-state index is -3.65. The van der Waals surface area contributed by atoms with Gasteiger partial charge in [0, 0.05) is 12.1 Å². The molecule has 1 aliphatic rings. The molecule has 0 heterocycles. The Kier molecular flexibility index (Phi) is 8.14. The Morgan fingerprint density at radius 1 is 1.00 bits per heavy atom. The summed E-state index contributed by atoms with van der Waals surface area (Å²) in [5.74, 6) is 0.431. The molecule has 2 aromatic rings. The maximum Gasteiger partial charge on any atom is 0.251 e. The lowest BCUT2D eigenvalue weighted by molar-refractivity contribution is 0.0943. The van der Waals surface area contributed by atoms with Gasteiger partial charge in [0.2, 0.25) is 10.0 Å². The average Bonchev–Trinajstić information content (AvgIpc) is 2.73. The molecule has 1 saturated carbocycles. The molecule has 168 valence electrons. The number of benzene rings is 2. The molecule has 1 aliphatic carbocycles. The minimum Gasteiger partial charge on any atom is -0.352 e. The molecule has 0 radical (unpaired) electrons. The second-order valence-electron chi connectivity index (χ2n) is 7.90. The molecule has 1 N–H and O–H groups in total. The highest BCUT2D eigenvalue weighted by Gasteiger charge is 2.22. The average molecular weight is 504 g/mol. The van der Waals surface area contributed by atoms with Crippen LogP contribution in [-0.2, 0) is 16.6 Å². The maximum atomic E-state index is 12.5. The highest BCUT2D eigenvalue weighted by molar-refractivity contribution is 7.92. The highest BCUT2D eigenvalue weighted by Crippen LogP contribution is 2.36. The van der Waals surface area contributed by atoms with Gasteiger partial charge in [-0.25, -0.2) is 8.42 Å². The predicted molar refractivity (Wildman–Crippen MR) is 128 cm³/mol. The molecule has 5 nitrogen and oxygen atoms in total. The summed E-state index contributed by atoms with van der Waals surface area (Å²) in [5, 5.41) is 3.64. The number of amides is 1. The van der Waals surface area contributed by atoms with Gasteiger partial charge in [0.05, 0.1) is 33.6 Å². The lowest BCUT2D eigenvalue weighted by atomic mass is 9.89. The van der Waals surface area contributed by atoms with Gasteiger partial charge in [-0.3, -0.25) is 9.10 Å². The van der Waals surface area contributed by atoms with Crippen LogP contribution in [0.25, 0.3) is 0 Å². The van der Waals surface area contributed by atoms with Gasteiger partial charge in [0.25, 0.3) is 5.91 Å². The van der Waals surface area contributed by atoms with E-state index in [1.807, 2.05) is 0 Å². The second kappa shape index (κ2) is 10.4. The molecule has 0 aliphatic heterocycles. The fourth-order valence-corrected chi connectivity index (χ4v) is 5.33. The van der Waals surface area contributed by atoms with Crippen LogP contribution >= 0.6 is 34.8 Å². The zero-order valence-corrected chi connectivity index (χ0v) is 20.3. The SMILES string of the molecule is CS(=O)(=O)N(Cc1ccc(C(=O)NCC2CCCCC2)cc1)c1cc(Cl)c(Cl)cc1Cl. The Morgan fingerprint density at radius 2 is 1.61 bits per heavy atom. The van der Waals surface area contributed by atoms with Crippen molar-refractivity contribution in [2.75, 3.05) is 17.1 Å². The third kappa shape index (κ3) is 6.51. The van der Waals surface area contributed by atoms with E-state index in [1.165, 1.54) is 31.4 Å². The van der Waals surface area contributed by atoms with Crippen molar-refractivity contribution in [1.82, 2.24) is 5.32 Å². The Bertz CT molecular complexity index is 1040. The number of hydrogen-bond donors (Lipinski definition) is 1. The van der Waals surface area contributed by atoms with E-state index < -0.39 is 10.0 Å². The molecule has 0 unspecified atom stereocenters. The van der Waals surface area contributed by atoms with Crippen molar-refractivity contribution in [2.45, 2.75) is 38.6 Å². The molecule has 31 heavy (non-hydrogen) atoms. The number of carbonyl (C=O) groups excluding carboxylic acids is 1. The summed E-state index contributed by atoms with van der Waals surface area (Å²) in [5.41, 5.74) is 1.49. The Balaban J connectivity index is 1.71. The minimum absolute atomic E-state index is 0.0422. The summed E-state index contributed by atoms with van der Waals surface area (Å²) in [7, 11) is -3.65. The topological polar surface area (TPSA) is 66.5 Å². The largest absolute Gasteiger partial charge is 0.352 e. The van der Waals surface area contributed by atoms with Crippen LogP contribution in [0.3, 0.4) is 0 Å². The van der Waals surface area contributed by atoms with Gasteiger partial charge in [-0.05, 0) is 48.6 Å². The number of sulfonamides is 1. The molecule has 0 atom stereocenters. The molecule has 1 amide bonds. The van der Waals surface area contributed by atoms with E-state index >= 15 is 0 Å². The maximum absolute atomic E-state index is 12.5. The highest BCUT2D eigenvalue weighted by atomic mass is 35.5. The summed E-state index contributed by atoms with van der Waals surface area (Å²) in [4.78, 5) is 12.5. The quantitative estimate of drug-likeness (QED) is 0.477. The van der Waals surface area contributed by atoms with E-state index in [2.05, 4.69) is 5.32 Å². The summed E-state index contributed by atoms with van der Waals surface area (Å²) in [6.45, 7) is 0.735. The van der Waals surface area contributed by atoms with Crippen molar-refractivity contribution in [3.63, 3.8) is 0 Å². The molecule has 2 aromatic carbocycles. The zero-order valence-electron chi connectivity index (χ0n) is 17.2. The number of anilines is 1. The van der Waals surface area contributed by atoms with Gasteiger partial charge in [-0.15, -0.1) is 0 Å². The van der Waals surface area contributed by atoms with Crippen molar-refractivity contribution in [2.24, 2.45) is 5.92 Å². The van der Waals surface area contributed by atoms with Crippen molar-refractivity contribution in [3.8, 4) is 0 Å². The lowest BCUT2D eigenvalue weighted by Crippen LogP contribution is -2.30. The summed E-state index contributed by atoms with van der Waals surface area (Å²) in [6.07, 6.45) is 7.17. The fourth-order valence-electron chi connectivity index (χ4n) is 3.74. The summed E-state index contributed by atoms with van der Waals surface area (Å²) in [6, 6.07) is 9.71. The van der Waals surface area contributed by atoms with E-state index in [1.54, 1.807) is 24.3 Å². The van der Waals surface area contributed by atoms with Crippen LogP contribution < -0.4 is 9.62 Å². The number of nitrogens with zero attached hydrogens (tertiary/aromatic N) is 1. The fraction of sp³-hybridized carbons (Fsp3) is 0.409. The number of carbonyl (C=O) groups is 1. The normalized spacial score (nSPS) is 15.0. The van der Waals surface area contributed by atoms with Crippen LogP contribution in [0.1, 0.15) is 48.0 Å². The Labute approximate surface area is 198 Å². The summed E-state index contributed by atoms with van der Waals surface area (Å²) >= 11 is 18.3. The van der Waals surface area contributed by atoms with Crippen molar-refractivity contribution in [3.05, 3.63) is 62.6 Å². The lowest BCUT2D eigenvalue weighted by Gasteiger charge is -2.24. The number of nitrogens with one attached hydrogen (secondary N) is 1. The standard InChI is InChI=1S/C22H25Cl3N2O3S/c1-31(29,30)27(21-12-19(24)18(23)11-20(21)25)14-16-7-9-17(10-8-16)22(28)26-13-15-5-3-2-4-6-15/h7-12,15H,2-6,13-14H2,1H3,(H,26,28). The van der Waals surface area contributed by atoms with E-state index in [9.17, 15) is 13.2 Å². The van der Waals surface area contributed by atoms with Crippen LogP contribution in [0, 0.1) is 5.92 Å². The first-order valence-electron chi connectivity index (χ1n) is 10.1. The van der Waals surface area contributed by atoms with Crippen LogP contribution in [0.5, 0.6) is 0 Å². The second-order valence-corrected chi connectivity index (χ2v) is 11.0. The summed E-state index contributed by atoms with van der Waals surface area (Å²) < 4.78 is 26.0. The van der Waals surface area contributed by atoms with Gasteiger partial charge in [-0.2, -0.15) is 0 Å². The van der Waals surface area contributed by atoms with Crippen molar-refractivity contribution < 1.29 is 13.2 Å². The van der Waals surface area contributed by atoms with Crippen LogP contribution in [0.2, 0.25) is 15.1 Å². The van der Waals surface area contributed by atoms with E-state index in [4.69, 9.17) is 34.8 Å². The van der Waals surface area contributed by atoms with E-state index in [-0.39, 0.29) is 33.2 Å². The van der Waals surface area contributed by atoms with E-state index in [0.29, 0.717) is 23.6 Å². The molecule has 9 heteroatoms. The first-order chi connectivity index (χ1) is 14.6. The van der Waals surface area contributed by atoms with Crippen LogP contribution in [0.4, 0.5) is 5.69 Å². The molecule has 0 saturated heterocycles. The molecular weight excluding hydrogens is 479 g/mol. The third-order valence-electron chi connectivity index (χ3n) is 5.48. The molecule has 3 rings (SSSR count). The Hall–Kier alpha value is -1.47. The molecule has 0 bridgehead atoms. The van der Waals surface area contributed by atoms with Gasteiger partial charge in [0.15, 0.2) is 0 Å². The van der Waals surface area contributed by atoms with Crippen LogP contribution in [0.15, 0.2) is 36.4 Å². The van der Waals surface area contributed by atoms with Gasteiger partial charge in [0.1, 0.15) is 0 Å². The van der Waals surface area contributed by atoms with Gasteiger partial charge in [-0.1, -0.05) is 66.2 Å². The smallest absolute Gasteiger partial charge is 0.251 e. The van der Waals surface area contributed by atoms with E-state index in [0.717, 1.165) is 23.4 Å². The van der Waals surface area contributed by atoms with Crippen molar-refractivity contribution in [1.29, 1.82) is 0 Å². The third-order valence-corrected chi connectivity index (χ3v) is 7.63. The first kappa shape index (κ1) is 24.2. The predicted octanol–water partition coefficient (Wildman–Crippen LogP) is 5.92. The number of rotatable bonds is 7. The molecule has 1 fully saturated rings. The monoisotopic (exact) mass is 502 g/mol. The Morgan fingerprint density at radius 3 is 2.23 bits per heavy atom. The van der Waals surface area contributed by atoms with Crippen LogP contribution in [-0.4, -0.2) is 27.1 Å².